The Morgan fingerprint density at radius 1 is 0.783 bits per heavy atom. The minimum atomic E-state index is 0.0836. The van der Waals surface area contributed by atoms with Crippen LogP contribution in [0.5, 0.6) is 0 Å². The number of carbonyl (C=O) groups is 1. The molecule has 0 heterocycles. The third-order valence-corrected chi connectivity index (χ3v) is 14.4. The molecule has 0 aromatic carbocycles. The minimum Gasteiger partial charge on any atom is -0.377 e. The lowest BCUT2D eigenvalue weighted by atomic mass is 9.47. The molecular formula is C44H78O2. The van der Waals surface area contributed by atoms with Crippen LogP contribution in [-0.4, -0.2) is 19.0 Å². The predicted octanol–water partition coefficient (Wildman–Crippen LogP) is 13.3. The van der Waals surface area contributed by atoms with Gasteiger partial charge >= 0.3 is 0 Å². The molecule has 0 aromatic heterocycles. The topological polar surface area (TPSA) is 26.3 Å². The number of hydrogen-bond donors (Lipinski definition) is 0. The summed E-state index contributed by atoms with van der Waals surface area (Å²) in [5.74, 6) is 5.45. The Bertz CT molecular complexity index is 906. The zero-order valence-electron chi connectivity index (χ0n) is 31.8. The number of unbranched alkanes of at least 4 members (excludes halogenated alkanes) is 11. The highest BCUT2D eigenvalue weighted by Gasteiger charge is 2.59. The molecule has 0 spiro atoms. The molecule has 1 unspecified atom stereocenters. The van der Waals surface area contributed by atoms with Gasteiger partial charge in [0.25, 0.3) is 0 Å². The molecule has 0 saturated heterocycles. The maximum Gasteiger partial charge on any atom is 0.125 e. The van der Waals surface area contributed by atoms with Crippen LogP contribution in [0.25, 0.3) is 0 Å². The van der Waals surface area contributed by atoms with Crippen LogP contribution >= 0.6 is 0 Å². The van der Waals surface area contributed by atoms with Crippen molar-refractivity contribution < 1.29 is 9.53 Å². The minimum absolute atomic E-state index is 0.0836. The smallest absolute Gasteiger partial charge is 0.125 e. The van der Waals surface area contributed by atoms with Crippen molar-refractivity contribution >= 4 is 6.29 Å². The second-order valence-electron chi connectivity index (χ2n) is 18.1. The molecule has 0 aliphatic heterocycles. The fraction of sp³-hybridized carbons (Fsp3) is 0.932. The number of ether oxygens (including phenoxy) is 1. The lowest BCUT2D eigenvalue weighted by Crippen LogP contribution is -2.51. The molecule has 0 bridgehead atoms. The Morgan fingerprint density at radius 2 is 1.46 bits per heavy atom. The molecule has 4 rings (SSSR count). The highest BCUT2D eigenvalue weighted by molar-refractivity contribution is 5.53. The van der Waals surface area contributed by atoms with Crippen molar-refractivity contribution in [2.75, 3.05) is 6.61 Å². The quantitative estimate of drug-likeness (QED) is 0.0670. The molecule has 2 nitrogen and oxygen atoms in total. The van der Waals surface area contributed by atoms with Crippen LogP contribution in [0, 0.1) is 52.3 Å². The van der Waals surface area contributed by atoms with Gasteiger partial charge in [0, 0.05) is 5.92 Å². The molecule has 0 aromatic rings. The normalized spacial score (nSPS) is 33.6. The third-order valence-electron chi connectivity index (χ3n) is 14.4. The van der Waals surface area contributed by atoms with Crippen LogP contribution in [0.2, 0.25) is 0 Å². The largest absolute Gasteiger partial charge is 0.377 e. The average molecular weight is 639 g/mol. The Morgan fingerprint density at radius 3 is 2.11 bits per heavy atom. The molecule has 4 aliphatic carbocycles. The average Bonchev–Trinajstić information content (AvgIpc) is 3.40. The van der Waals surface area contributed by atoms with Gasteiger partial charge in [0.05, 0.1) is 12.7 Å². The molecule has 0 amide bonds. The zero-order chi connectivity index (χ0) is 33.0. The first kappa shape index (κ1) is 38.2. The summed E-state index contributed by atoms with van der Waals surface area (Å²) in [6, 6.07) is 0. The van der Waals surface area contributed by atoms with E-state index in [-0.39, 0.29) is 5.92 Å². The lowest BCUT2D eigenvalue weighted by molar-refractivity contribution is -0.114. The molecule has 266 valence electrons. The predicted molar refractivity (Wildman–Crippen MR) is 198 cm³/mol. The van der Waals surface area contributed by atoms with Crippen molar-refractivity contribution in [3.05, 3.63) is 11.6 Å². The Labute approximate surface area is 287 Å². The Hall–Kier alpha value is -0.630. The highest BCUT2D eigenvalue weighted by Crippen LogP contribution is 2.67. The summed E-state index contributed by atoms with van der Waals surface area (Å²) in [6.45, 7) is 15.6. The van der Waals surface area contributed by atoms with E-state index < -0.39 is 0 Å². The molecule has 3 saturated carbocycles. The van der Waals surface area contributed by atoms with Crippen molar-refractivity contribution in [2.24, 2.45) is 52.3 Å². The third kappa shape index (κ3) is 9.97. The summed E-state index contributed by atoms with van der Waals surface area (Å²) >= 11 is 0. The number of aldehydes is 1. The van der Waals surface area contributed by atoms with E-state index in [0.717, 1.165) is 48.3 Å². The number of allylic oxidation sites excluding steroid dienone is 1. The monoisotopic (exact) mass is 639 g/mol. The van der Waals surface area contributed by atoms with Crippen LogP contribution in [0.15, 0.2) is 11.6 Å². The maximum absolute atomic E-state index is 11.9. The van der Waals surface area contributed by atoms with E-state index in [1.807, 2.05) is 0 Å². The van der Waals surface area contributed by atoms with Crippen molar-refractivity contribution in [3.8, 4) is 0 Å². The van der Waals surface area contributed by atoms with E-state index in [1.54, 1.807) is 5.57 Å². The standard InChI is InChI=1S/C44H78O2/c1-7-8-9-10-11-12-13-14-15-16-17-18-22-36(32-45)33-46-38-27-29-43(5)37(31-38)23-24-39-41-26-25-40(35(4)21-19-20-34(2)3)44(41,6)30-28-42(39)43/h23,32,34-36,38-42H,7-22,24-31,33H2,1-6H3/t35-,36?,38+,39+,40-,41+,42+,43+,44-/m1/s1. The van der Waals surface area contributed by atoms with E-state index in [0.29, 0.717) is 23.5 Å². The van der Waals surface area contributed by atoms with Gasteiger partial charge in [0.2, 0.25) is 0 Å². The molecule has 2 heteroatoms. The first-order valence-corrected chi connectivity index (χ1v) is 21.0. The van der Waals surface area contributed by atoms with E-state index in [9.17, 15) is 4.79 Å². The first-order chi connectivity index (χ1) is 22.2. The fourth-order valence-corrected chi connectivity index (χ4v) is 11.5. The van der Waals surface area contributed by atoms with Gasteiger partial charge in [-0.3, -0.25) is 0 Å². The number of rotatable bonds is 22. The van der Waals surface area contributed by atoms with Gasteiger partial charge in [-0.1, -0.05) is 150 Å². The maximum atomic E-state index is 11.9. The van der Waals surface area contributed by atoms with Crippen LogP contribution in [-0.2, 0) is 9.53 Å². The zero-order valence-corrected chi connectivity index (χ0v) is 31.8. The SMILES string of the molecule is CCCCCCCCCCCCCCC(C=O)CO[C@H]1CC[C@@]2(C)C(=CC[C@H]3[C@@H]4CC[C@H]([C@H](C)CCCC(C)C)[C@@]4(C)CC[C@@H]32)C1. The van der Waals surface area contributed by atoms with E-state index in [4.69, 9.17) is 4.74 Å². The second kappa shape index (κ2) is 18.9. The summed E-state index contributed by atoms with van der Waals surface area (Å²) in [5, 5.41) is 0. The van der Waals surface area contributed by atoms with Crippen LogP contribution in [0.4, 0.5) is 0 Å². The summed E-state index contributed by atoms with van der Waals surface area (Å²) in [5.41, 5.74) is 2.66. The summed E-state index contributed by atoms with van der Waals surface area (Å²) in [4.78, 5) is 11.9. The van der Waals surface area contributed by atoms with Crippen molar-refractivity contribution in [1.82, 2.24) is 0 Å². The first-order valence-electron chi connectivity index (χ1n) is 21.0. The van der Waals surface area contributed by atoms with Gasteiger partial charge in [0.1, 0.15) is 6.29 Å². The molecule has 0 N–H and O–H groups in total. The molecule has 3 fully saturated rings. The van der Waals surface area contributed by atoms with Gasteiger partial charge in [-0.25, -0.2) is 0 Å². The van der Waals surface area contributed by atoms with Crippen molar-refractivity contribution in [3.63, 3.8) is 0 Å². The van der Waals surface area contributed by atoms with Gasteiger partial charge in [-0.05, 0) is 104 Å². The summed E-state index contributed by atoms with van der Waals surface area (Å²) in [6.07, 6.45) is 36.6. The van der Waals surface area contributed by atoms with Crippen LogP contribution in [0.3, 0.4) is 0 Å². The fourth-order valence-electron chi connectivity index (χ4n) is 11.5. The number of carbonyl (C=O) groups excluding carboxylic acids is 1. The van der Waals surface area contributed by atoms with Crippen LogP contribution < -0.4 is 0 Å². The van der Waals surface area contributed by atoms with Crippen molar-refractivity contribution in [2.45, 2.75) is 202 Å². The summed E-state index contributed by atoms with van der Waals surface area (Å²) < 4.78 is 6.52. The highest BCUT2D eigenvalue weighted by atomic mass is 16.5. The van der Waals surface area contributed by atoms with E-state index >= 15 is 0 Å². The Kier molecular flexibility index (Phi) is 15.7. The van der Waals surface area contributed by atoms with E-state index in [1.165, 1.54) is 148 Å². The Balaban J connectivity index is 1.16. The molecule has 4 aliphatic rings. The molecule has 0 radical (unpaired) electrons. The molecule has 9 atom stereocenters. The van der Waals surface area contributed by atoms with E-state index in [2.05, 4.69) is 47.6 Å². The van der Waals surface area contributed by atoms with Gasteiger partial charge in [0.15, 0.2) is 0 Å². The van der Waals surface area contributed by atoms with Gasteiger partial charge in [-0.2, -0.15) is 0 Å². The van der Waals surface area contributed by atoms with Gasteiger partial charge < -0.3 is 9.53 Å². The molecule has 46 heavy (non-hydrogen) atoms. The number of fused-ring (bicyclic) bond motifs is 5. The molecular weight excluding hydrogens is 560 g/mol. The lowest BCUT2D eigenvalue weighted by Gasteiger charge is -2.58. The van der Waals surface area contributed by atoms with Crippen LogP contribution in [0.1, 0.15) is 196 Å². The van der Waals surface area contributed by atoms with Gasteiger partial charge in [-0.15, -0.1) is 0 Å². The number of hydrogen-bond acceptors (Lipinski definition) is 2. The second-order valence-corrected chi connectivity index (χ2v) is 18.1. The van der Waals surface area contributed by atoms with Crippen molar-refractivity contribution in [1.29, 1.82) is 0 Å². The summed E-state index contributed by atoms with van der Waals surface area (Å²) in [7, 11) is 0.